The van der Waals surface area contributed by atoms with Crippen molar-refractivity contribution in [1.82, 2.24) is 16.0 Å². The van der Waals surface area contributed by atoms with Gasteiger partial charge in [0.1, 0.15) is 11.3 Å². The van der Waals surface area contributed by atoms with Crippen LogP contribution in [0.25, 0.3) is 11.0 Å². The molecule has 1 heterocycles. The molecule has 11 heteroatoms. The molecule has 11 nitrogen and oxygen atoms in total. The monoisotopic (exact) mass is 501 g/mol. The number of hydrogen-bond donors (Lipinski definition) is 5. The number of carbonyl (C=O) groups is 4. The lowest BCUT2D eigenvalue weighted by atomic mass is 9.82. The zero-order chi connectivity index (χ0) is 26.2. The third-order valence-corrected chi connectivity index (χ3v) is 6.55. The van der Waals surface area contributed by atoms with Crippen LogP contribution in [-0.4, -0.2) is 53.5 Å². The van der Waals surface area contributed by atoms with Crippen molar-refractivity contribution in [3.8, 4) is 5.75 Å². The van der Waals surface area contributed by atoms with Crippen LogP contribution in [0.15, 0.2) is 27.4 Å². The molecule has 3 rings (SSSR count). The highest BCUT2D eigenvalue weighted by Crippen LogP contribution is 2.28. The van der Waals surface area contributed by atoms with Gasteiger partial charge in [0.05, 0.1) is 19.0 Å². The average Bonchev–Trinajstić information content (AvgIpc) is 2.84. The summed E-state index contributed by atoms with van der Waals surface area (Å²) in [5.41, 5.74) is 0.683. The molecule has 36 heavy (non-hydrogen) atoms. The van der Waals surface area contributed by atoms with Crippen molar-refractivity contribution in [2.45, 2.75) is 45.4 Å². The minimum atomic E-state index is -0.774. The van der Waals surface area contributed by atoms with Crippen LogP contribution in [-0.2, 0) is 25.6 Å². The summed E-state index contributed by atoms with van der Waals surface area (Å²) in [6, 6.07) is 4.47. The first kappa shape index (κ1) is 26.7. The predicted molar refractivity (Wildman–Crippen MR) is 129 cm³/mol. The van der Waals surface area contributed by atoms with E-state index in [4.69, 9.17) is 9.52 Å². The number of hydrogen-bond acceptors (Lipinski definition) is 7. The molecular weight excluding hydrogens is 470 g/mol. The maximum Gasteiger partial charge on any atom is 0.339 e. The third-order valence-electron chi connectivity index (χ3n) is 6.55. The van der Waals surface area contributed by atoms with Crippen molar-refractivity contribution in [3.63, 3.8) is 0 Å². The van der Waals surface area contributed by atoms with Gasteiger partial charge in [-0.05, 0) is 62.6 Å². The Morgan fingerprint density at radius 1 is 0.972 bits per heavy atom. The van der Waals surface area contributed by atoms with Gasteiger partial charge in [-0.1, -0.05) is 0 Å². The number of phenolic OH excluding ortho intramolecular Hbond substituents is 1. The first-order valence-electron chi connectivity index (χ1n) is 11.9. The number of rotatable bonds is 10. The molecule has 0 saturated heterocycles. The van der Waals surface area contributed by atoms with Crippen LogP contribution in [0.5, 0.6) is 5.75 Å². The van der Waals surface area contributed by atoms with Crippen molar-refractivity contribution in [1.29, 1.82) is 0 Å². The fourth-order valence-electron chi connectivity index (χ4n) is 4.35. The van der Waals surface area contributed by atoms with Gasteiger partial charge in [0.2, 0.25) is 17.7 Å². The molecule has 5 N–H and O–H groups in total. The predicted octanol–water partition coefficient (Wildman–Crippen LogP) is 0.979. The molecule has 0 aliphatic heterocycles. The van der Waals surface area contributed by atoms with Crippen LogP contribution >= 0.6 is 0 Å². The lowest BCUT2D eigenvalue weighted by Crippen LogP contribution is -2.43. The van der Waals surface area contributed by atoms with Crippen molar-refractivity contribution < 1.29 is 33.8 Å². The lowest BCUT2D eigenvalue weighted by molar-refractivity contribution is -0.143. The molecule has 1 aliphatic rings. The average molecular weight is 502 g/mol. The fourth-order valence-corrected chi connectivity index (χ4v) is 4.35. The van der Waals surface area contributed by atoms with Crippen molar-refractivity contribution in [2.75, 3.05) is 19.6 Å². The molecule has 1 fully saturated rings. The second-order valence-corrected chi connectivity index (χ2v) is 9.09. The van der Waals surface area contributed by atoms with E-state index in [0.29, 0.717) is 35.9 Å². The number of aryl methyl sites for hydroxylation is 1. The quantitative estimate of drug-likeness (QED) is 0.299. The minimum absolute atomic E-state index is 0.0205. The Labute approximate surface area is 207 Å². The van der Waals surface area contributed by atoms with Gasteiger partial charge in [-0.15, -0.1) is 0 Å². The fraction of sp³-hybridized carbons (Fsp3) is 0.480. The summed E-state index contributed by atoms with van der Waals surface area (Å²) >= 11 is 0. The highest BCUT2D eigenvalue weighted by molar-refractivity contribution is 5.88. The first-order chi connectivity index (χ1) is 17.1. The van der Waals surface area contributed by atoms with Crippen molar-refractivity contribution in [3.05, 3.63) is 39.7 Å². The van der Waals surface area contributed by atoms with Crippen LogP contribution in [0.4, 0.5) is 0 Å². The van der Waals surface area contributed by atoms with Crippen LogP contribution in [0.3, 0.4) is 0 Å². The first-order valence-corrected chi connectivity index (χ1v) is 11.9. The topological polar surface area (TPSA) is 175 Å². The van der Waals surface area contributed by atoms with Gasteiger partial charge in [0, 0.05) is 30.0 Å². The number of benzene rings is 1. The molecule has 1 aromatic carbocycles. The maximum atomic E-state index is 12.3. The highest BCUT2D eigenvalue weighted by atomic mass is 16.4. The van der Waals surface area contributed by atoms with Gasteiger partial charge in [0.15, 0.2) is 0 Å². The van der Waals surface area contributed by atoms with Crippen LogP contribution < -0.4 is 21.6 Å². The van der Waals surface area contributed by atoms with Gasteiger partial charge in [0.25, 0.3) is 0 Å². The van der Waals surface area contributed by atoms with E-state index in [2.05, 4.69) is 16.0 Å². The summed E-state index contributed by atoms with van der Waals surface area (Å²) in [5.74, 6) is -2.20. The van der Waals surface area contributed by atoms with E-state index >= 15 is 0 Å². The Balaban J connectivity index is 1.35. The second kappa shape index (κ2) is 12.2. The van der Waals surface area contributed by atoms with E-state index in [1.807, 2.05) is 0 Å². The minimum Gasteiger partial charge on any atom is -0.508 e. The van der Waals surface area contributed by atoms with E-state index in [0.717, 1.165) is 12.8 Å². The normalized spacial score (nSPS) is 17.4. The molecule has 1 saturated carbocycles. The Bertz CT molecular complexity index is 1200. The molecule has 3 amide bonds. The number of carboxylic acids is 1. The van der Waals surface area contributed by atoms with Crippen molar-refractivity contribution >= 4 is 34.7 Å². The van der Waals surface area contributed by atoms with E-state index in [1.54, 1.807) is 13.0 Å². The summed E-state index contributed by atoms with van der Waals surface area (Å²) < 4.78 is 5.24. The maximum absolute atomic E-state index is 12.3. The molecule has 2 aromatic rings. The SMILES string of the molecule is Cc1c(CCC(=O)NCC(=O)NCC(=O)NCC2CCC(C(=O)O)CC2)c(=O)oc2cc(O)ccc12. The van der Waals surface area contributed by atoms with Crippen LogP contribution in [0, 0.1) is 18.8 Å². The Morgan fingerprint density at radius 2 is 1.61 bits per heavy atom. The molecule has 1 aromatic heterocycles. The number of amides is 3. The molecule has 0 radical (unpaired) electrons. The number of fused-ring (bicyclic) bond motifs is 1. The van der Waals surface area contributed by atoms with E-state index < -0.39 is 23.4 Å². The molecule has 0 atom stereocenters. The van der Waals surface area contributed by atoms with Gasteiger partial charge in [-0.25, -0.2) is 4.79 Å². The number of carbonyl (C=O) groups excluding carboxylic acids is 3. The van der Waals surface area contributed by atoms with Crippen molar-refractivity contribution in [2.24, 2.45) is 11.8 Å². The number of phenols is 1. The molecule has 194 valence electrons. The molecule has 0 unspecified atom stereocenters. The van der Waals surface area contributed by atoms with Crippen LogP contribution in [0.1, 0.15) is 43.2 Å². The Hall–Kier alpha value is -3.89. The molecule has 0 spiro atoms. The summed E-state index contributed by atoms with van der Waals surface area (Å²) in [5, 5.41) is 26.9. The molecule has 1 aliphatic carbocycles. The standard InChI is InChI=1S/C25H31N3O8/c1-14-18-7-6-17(29)10-20(18)36-25(35)19(14)8-9-21(30)27-12-23(32)28-13-22(31)26-11-15-2-4-16(5-3-15)24(33)34/h6-7,10,15-16,29H,2-5,8-9,11-13H2,1H3,(H,26,31)(H,27,30)(H,28,32)(H,33,34). The van der Waals surface area contributed by atoms with Gasteiger partial charge in [-0.3, -0.25) is 19.2 Å². The number of carboxylic acid groups (broad SMARTS) is 1. The molecule has 0 bridgehead atoms. The zero-order valence-electron chi connectivity index (χ0n) is 20.1. The third kappa shape index (κ3) is 7.30. The summed E-state index contributed by atoms with van der Waals surface area (Å²) in [4.78, 5) is 59.4. The van der Waals surface area contributed by atoms with E-state index in [1.165, 1.54) is 12.1 Å². The van der Waals surface area contributed by atoms with Crippen LogP contribution in [0.2, 0.25) is 0 Å². The van der Waals surface area contributed by atoms with Gasteiger partial charge < -0.3 is 30.6 Å². The summed E-state index contributed by atoms with van der Waals surface area (Å²) in [6.45, 7) is 1.63. The lowest BCUT2D eigenvalue weighted by Gasteiger charge is -2.26. The van der Waals surface area contributed by atoms with E-state index in [-0.39, 0.29) is 55.0 Å². The Kier molecular flexibility index (Phi) is 9.04. The second-order valence-electron chi connectivity index (χ2n) is 9.09. The largest absolute Gasteiger partial charge is 0.508 e. The highest BCUT2D eigenvalue weighted by Gasteiger charge is 2.26. The number of aromatic hydroxyl groups is 1. The zero-order valence-corrected chi connectivity index (χ0v) is 20.1. The summed E-state index contributed by atoms with van der Waals surface area (Å²) in [6.07, 6.45) is 2.76. The summed E-state index contributed by atoms with van der Waals surface area (Å²) in [7, 11) is 0. The Morgan fingerprint density at radius 3 is 2.28 bits per heavy atom. The number of aliphatic carboxylic acids is 1. The van der Waals surface area contributed by atoms with E-state index in [9.17, 15) is 29.1 Å². The van der Waals surface area contributed by atoms with Gasteiger partial charge >= 0.3 is 11.6 Å². The smallest absolute Gasteiger partial charge is 0.339 e. The molecular formula is C25H31N3O8. The van der Waals surface area contributed by atoms with Gasteiger partial charge in [-0.2, -0.15) is 0 Å². The number of nitrogens with one attached hydrogen (secondary N) is 3.